The minimum absolute atomic E-state index is 0.0490. The smallest absolute Gasteiger partial charge is 0.274 e. The second-order valence-electron chi connectivity index (χ2n) is 10.1. The highest BCUT2D eigenvalue weighted by atomic mass is 35.5. The monoisotopic (exact) mass is 518 g/mol. The number of phenolic OH excluding ortho intramolecular Hbond substituents is 2. The Balaban J connectivity index is 1.53. The molecule has 1 unspecified atom stereocenters. The number of benzene rings is 1. The maximum Gasteiger partial charge on any atom is 0.274 e. The van der Waals surface area contributed by atoms with Crippen LogP contribution in [0.25, 0.3) is 17.1 Å². The van der Waals surface area contributed by atoms with Crippen molar-refractivity contribution in [3.05, 3.63) is 92.4 Å². The summed E-state index contributed by atoms with van der Waals surface area (Å²) < 4.78 is 1.58. The summed E-state index contributed by atoms with van der Waals surface area (Å²) in [6.45, 7) is 6.96. The Morgan fingerprint density at radius 3 is 2.46 bits per heavy atom. The molecule has 0 spiro atoms. The van der Waals surface area contributed by atoms with E-state index in [1.807, 2.05) is 19.9 Å². The lowest BCUT2D eigenvalue weighted by Crippen LogP contribution is -2.23. The van der Waals surface area contributed by atoms with Crippen LogP contribution in [0.4, 0.5) is 0 Å². The van der Waals surface area contributed by atoms with Gasteiger partial charge in [-0.1, -0.05) is 17.7 Å². The highest BCUT2D eigenvalue weighted by Gasteiger charge is 2.42. The van der Waals surface area contributed by atoms with Gasteiger partial charge in [-0.15, -0.1) is 0 Å². The number of hydrogen-bond acceptors (Lipinski definition) is 7. The SMILES string of the molecule is Cc1cnc(-c2ccnc(C(C)(C)O)n2)cc1-n1c(C)cc([C@@H]2CC2c2ccc(O)c(O)c2)c(Cl)c1=O. The van der Waals surface area contributed by atoms with Crippen LogP contribution in [0.5, 0.6) is 11.5 Å². The molecule has 0 radical (unpaired) electrons. The van der Waals surface area contributed by atoms with Gasteiger partial charge in [-0.05, 0) is 93.0 Å². The van der Waals surface area contributed by atoms with Crippen molar-refractivity contribution in [3.63, 3.8) is 0 Å². The van der Waals surface area contributed by atoms with Gasteiger partial charge < -0.3 is 15.3 Å². The summed E-state index contributed by atoms with van der Waals surface area (Å²) in [5, 5.41) is 29.9. The van der Waals surface area contributed by atoms with Crippen molar-refractivity contribution in [1.29, 1.82) is 0 Å². The van der Waals surface area contributed by atoms with Gasteiger partial charge in [0.15, 0.2) is 17.3 Å². The van der Waals surface area contributed by atoms with Crippen LogP contribution in [0.2, 0.25) is 5.02 Å². The van der Waals surface area contributed by atoms with Crippen LogP contribution < -0.4 is 5.56 Å². The third-order valence-corrected chi connectivity index (χ3v) is 7.14. The summed E-state index contributed by atoms with van der Waals surface area (Å²) in [6.07, 6.45) is 4.04. The fraction of sp³-hybridized carbons (Fsp3) is 0.286. The van der Waals surface area contributed by atoms with Crippen molar-refractivity contribution in [2.24, 2.45) is 0 Å². The van der Waals surface area contributed by atoms with Crippen molar-refractivity contribution in [3.8, 4) is 28.6 Å². The summed E-state index contributed by atoms with van der Waals surface area (Å²) in [7, 11) is 0. The zero-order valence-electron chi connectivity index (χ0n) is 20.9. The van der Waals surface area contributed by atoms with E-state index in [-0.39, 0.29) is 39.7 Å². The molecule has 0 amide bonds. The fourth-order valence-electron chi connectivity index (χ4n) is 4.67. The quantitative estimate of drug-likeness (QED) is 0.322. The predicted molar refractivity (Wildman–Crippen MR) is 140 cm³/mol. The number of pyridine rings is 2. The first kappa shape index (κ1) is 24.9. The Labute approximate surface area is 218 Å². The number of aliphatic hydroxyl groups is 1. The summed E-state index contributed by atoms with van der Waals surface area (Å²) in [4.78, 5) is 26.7. The molecule has 1 aliphatic carbocycles. The average molecular weight is 519 g/mol. The van der Waals surface area contributed by atoms with E-state index < -0.39 is 5.60 Å². The van der Waals surface area contributed by atoms with E-state index in [9.17, 15) is 20.1 Å². The lowest BCUT2D eigenvalue weighted by atomic mass is 10.0. The van der Waals surface area contributed by atoms with Crippen LogP contribution in [0, 0.1) is 13.8 Å². The number of aryl methyl sites for hydroxylation is 2. The van der Waals surface area contributed by atoms with Gasteiger partial charge in [0, 0.05) is 18.1 Å². The Bertz CT molecular complexity index is 1590. The average Bonchev–Trinajstić information content (AvgIpc) is 3.64. The van der Waals surface area contributed by atoms with Gasteiger partial charge in [0.2, 0.25) is 0 Å². The first-order valence-corrected chi connectivity index (χ1v) is 12.3. The maximum atomic E-state index is 13.5. The molecule has 190 valence electrons. The van der Waals surface area contributed by atoms with E-state index in [1.54, 1.807) is 55.1 Å². The number of aromatic hydroxyl groups is 2. The van der Waals surface area contributed by atoms with Gasteiger partial charge in [0.1, 0.15) is 10.6 Å². The number of hydrogen-bond donors (Lipinski definition) is 3. The molecule has 8 nitrogen and oxygen atoms in total. The number of aromatic nitrogens is 4. The van der Waals surface area contributed by atoms with Gasteiger partial charge in [0.25, 0.3) is 5.56 Å². The number of halogens is 1. The third kappa shape index (κ3) is 4.58. The molecule has 5 rings (SSSR count). The van der Waals surface area contributed by atoms with E-state index >= 15 is 0 Å². The summed E-state index contributed by atoms with van der Waals surface area (Å²) in [6, 6.07) is 10.2. The Morgan fingerprint density at radius 2 is 1.76 bits per heavy atom. The van der Waals surface area contributed by atoms with Gasteiger partial charge in [0.05, 0.1) is 17.1 Å². The number of nitrogens with zero attached hydrogens (tertiary/aromatic N) is 4. The van der Waals surface area contributed by atoms with E-state index in [2.05, 4.69) is 15.0 Å². The normalized spacial score (nSPS) is 17.1. The van der Waals surface area contributed by atoms with Crippen molar-refractivity contribution >= 4 is 11.6 Å². The number of rotatable bonds is 5. The zero-order chi connectivity index (χ0) is 26.6. The molecule has 2 atom stereocenters. The predicted octanol–water partition coefficient (Wildman–Crippen LogP) is 4.87. The fourth-order valence-corrected chi connectivity index (χ4v) is 4.95. The summed E-state index contributed by atoms with van der Waals surface area (Å²) >= 11 is 6.66. The van der Waals surface area contributed by atoms with Crippen LogP contribution in [0.1, 0.15) is 60.3 Å². The second kappa shape index (κ2) is 8.97. The first-order chi connectivity index (χ1) is 17.5. The molecule has 1 aromatic carbocycles. The molecule has 0 aliphatic heterocycles. The Kier molecular flexibility index (Phi) is 6.04. The first-order valence-electron chi connectivity index (χ1n) is 11.9. The van der Waals surface area contributed by atoms with Gasteiger partial charge in [-0.3, -0.25) is 14.3 Å². The van der Waals surface area contributed by atoms with E-state index in [0.717, 1.165) is 28.8 Å². The molecule has 1 saturated carbocycles. The van der Waals surface area contributed by atoms with Crippen molar-refractivity contribution in [2.45, 2.75) is 51.6 Å². The lowest BCUT2D eigenvalue weighted by molar-refractivity contribution is 0.0688. The molecule has 4 aromatic rings. The van der Waals surface area contributed by atoms with Crippen molar-refractivity contribution < 1.29 is 15.3 Å². The largest absolute Gasteiger partial charge is 0.504 e. The van der Waals surface area contributed by atoms with Crippen molar-refractivity contribution in [2.75, 3.05) is 0 Å². The van der Waals surface area contributed by atoms with Crippen molar-refractivity contribution in [1.82, 2.24) is 19.5 Å². The molecule has 37 heavy (non-hydrogen) atoms. The van der Waals surface area contributed by atoms with Gasteiger partial charge >= 0.3 is 0 Å². The lowest BCUT2D eigenvalue weighted by Gasteiger charge is -2.17. The zero-order valence-corrected chi connectivity index (χ0v) is 21.7. The maximum absolute atomic E-state index is 13.5. The molecular formula is C28H27ClN4O4. The minimum Gasteiger partial charge on any atom is -0.504 e. The topological polar surface area (TPSA) is 121 Å². The third-order valence-electron chi connectivity index (χ3n) is 6.76. The molecule has 9 heteroatoms. The van der Waals surface area contributed by atoms with Crippen LogP contribution in [-0.4, -0.2) is 34.8 Å². The molecule has 3 N–H and O–H groups in total. The molecule has 0 bridgehead atoms. The standard InChI is InChI=1S/C28H27ClN4O4/c1-14-13-31-21(20-7-8-30-27(32-20)28(3,4)37)12-22(14)33-15(2)9-19(25(29)26(33)36)18-11-17(18)16-5-6-23(34)24(35)10-16/h5-10,12-13,17-18,34-35,37H,11H2,1-4H3/t17?,18-/m1/s1. The minimum atomic E-state index is -1.21. The summed E-state index contributed by atoms with van der Waals surface area (Å²) in [5.74, 6) is 0.102. The Hall–Kier alpha value is -3.75. The van der Waals surface area contributed by atoms with Crippen LogP contribution >= 0.6 is 11.6 Å². The van der Waals surface area contributed by atoms with Gasteiger partial charge in [-0.25, -0.2) is 9.97 Å². The second-order valence-corrected chi connectivity index (χ2v) is 10.5. The molecule has 1 aliphatic rings. The highest BCUT2D eigenvalue weighted by molar-refractivity contribution is 6.31. The van der Waals surface area contributed by atoms with E-state index in [0.29, 0.717) is 17.1 Å². The van der Waals surface area contributed by atoms with Crippen LogP contribution in [0.15, 0.2) is 53.6 Å². The molecule has 3 aromatic heterocycles. The van der Waals surface area contributed by atoms with E-state index in [1.165, 1.54) is 6.07 Å². The van der Waals surface area contributed by atoms with E-state index in [4.69, 9.17) is 11.6 Å². The van der Waals surface area contributed by atoms with Gasteiger partial charge in [-0.2, -0.15) is 0 Å². The molecule has 3 heterocycles. The van der Waals surface area contributed by atoms with Crippen LogP contribution in [-0.2, 0) is 5.60 Å². The molecule has 0 saturated heterocycles. The molecular weight excluding hydrogens is 492 g/mol. The molecule has 1 fully saturated rings. The highest BCUT2D eigenvalue weighted by Crippen LogP contribution is 2.56. The number of phenols is 2. The van der Waals surface area contributed by atoms with Crippen LogP contribution in [0.3, 0.4) is 0 Å². The Morgan fingerprint density at radius 1 is 1.00 bits per heavy atom. The summed E-state index contributed by atoms with van der Waals surface area (Å²) in [5.41, 5.74) is 3.35.